The number of Topliss-reactive ketones (excluding diaryl/α,β-unsaturated/α-hetero) is 3. The van der Waals surface area contributed by atoms with Gasteiger partial charge in [-0.3, -0.25) is 101 Å². The van der Waals surface area contributed by atoms with Crippen molar-refractivity contribution in [3.05, 3.63) is 60.7 Å². The number of carbonyl (C=O) groups is 21. The van der Waals surface area contributed by atoms with Crippen LogP contribution in [0.25, 0.3) is 0 Å². The van der Waals surface area contributed by atoms with E-state index < -0.39 is 205 Å². The Morgan fingerprint density at radius 1 is 0.405 bits per heavy atom. The van der Waals surface area contributed by atoms with Gasteiger partial charge in [0, 0.05) is 77.9 Å². The van der Waals surface area contributed by atoms with Gasteiger partial charge in [-0.2, -0.15) is 0 Å². The third-order valence-electron chi connectivity index (χ3n) is 32.3. The molecule has 39 heteroatoms. The van der Waals surface area contributed by atoms with E-state index in [0.29, 0.717) is 49.9 Å². The van der Waals surface area contributed by atoms with Gasteiger partial charge in [0.25, 0.3) is 29.5 Å². The van der Waals surface area contributed by atoms with Crippen molar-refractivity contribution in [3.8, 4) is 12.3 Å². The van der Waals surface area contributed by atoms with E-state index in [1.54, 1.807) is 45.0 Å². The first-order valence-electron chi connectivity index (χ1n) is 52.3. The zero-order valence-corrected chi connectivity index (χ0v) is 91.1. The number of fused-ring (bicyclic) bond motifs is 4. The number of primary amides is 1. The zero-order valence-electron chi connectivity index (χ0n) is 91.1. The van der Waals surface area contributed by atoms with E-state index in [9.17, 15) is 101 Å². The monoisotopic (exact) mass is 2060 g/mol. The number of carbonyl (C=O) groups excluding carboxylic acids is 21. The fourth-order valence-electron chi connectivity index (χ4n) is 21.9. The van der Waals surface area contributed by atoms with Crippen LogP contribution in [0, 0.1) is 108 Å². The second-order valence-corrected chi connectivity index (χ2v) is 50.5. The number of nitrogens with two attached hydrogens (primary N) is 1. The van der Waals surface area contributed by atoms with Crippen LogP contribution in [-0.4, -0.2) is 278 Å². The number of urea groups is 3. The maximum atomic E-state index is 14.4. The molecule has 39 nitrogen and oxygen atoms in total. The van der Waals surface area contributed by atoms with Gasteiger partial charge >= 0.3 is 18.1 Å². The summed E-state index contributed by atoms with van der Waals surface area (Å²) >= 11 is 0. The molecule has 6 aliphatic heterocycles. The standard InChI is InChI=1S/C39H52N6O7.C36H56N6O7.C34H54N6O7/c1-11-13-18-25(29(46)32(48)40-19-12-2)41-31(47)28-27-24(39(27,9)10)20-44(28)35(51)30(38(6,7)8)43-36(52)42-26(37(3,4)5)21-45-33(49)22-16-14-15-17-23(22)34(45)50;1-10-16-37-31(47)28(45)22(17-20-14-15-20)38-30(46)27-26-21(36(26,8)9)18-42(27)32(48)29(35(5,6)7)40-33(49)39-23(34(2,3)4)19-41-24(43)12-11-13-25(41)44;1-32(2,3)21(17-39-22(41)13-10-14-23(39)42)37-31(47)38-27(33(4,5)6)30(46)40-16-19-24(34(19,7)8)25(40)29(45)36-20(26(43)28(35)44)15-18-11-9-12-18/h1,12,14-17,24-28,30H,2,13,18-21H2,3-10H3,(H,40,48)(H,41,47)(H2,42,43,52);10,20-23,26-27,29H,1,11-19H2,2-9H3,(H,37,47)(H,38,46)(H2,39,40,49);18-21,24-25,27H,9-17H2,1-8H3,(H2,35,44)(H,36,45)(H2,37,38,47)/t24-,25?,26+,27-,28-,30+;21-,22?,23+,26-,27-,29+;19-,20?,21+,24-,25-,27+/m000/s1. The molecule has 814 valence electrons. The molecule has 21 amide bonds. The maximum absolute atomic E-state index is 14.4. The summed E-state index contributed by atoms with van der Waals surface area (Å²) in [6.07, 6.45) is 16.0. The minimum Gasteiger partial charge on any atom is -0.363 e. The van der Waals surface area contributed by atoms with Crippen molar-refractivity contribution in [3.63, 3.8) is 0 Å². The Bertz CT molecular complexity index is 5340. The van der Waals surface area contributed by atoms with Gasteiger partial charge in [-0.05, 0) is 140 Å². The van der Waals surface area contributed by atoms with Gasteiger partial charge in [0.1, 0.15) is 36.3 Å². The van der Waals surface area contributed by atoms with Crippen molar-refractivity contribution in [2.75, 3.05) is 52.4 Å². The van der Waals surface area contributed by atoms with Gasteiger partial charge in [0.05, 0.1) is 53.9 Å². The van der Waals surface area contributed by atoms with E-state index in [1.807, 2.05) is 132 Å². The lowest BCUT2D eigenvalue weighted by Crippen LogP contribution is -2.63. The van der Waals surface area contributed by atoms with Gasteiger partial charge < -0.3 is 78.9 Å². The van der Waals surface area contributed by atoms with Crippen LogP contribution >= 0.6 is 0 Å². The summed E-state index contributed by atoms with van der Waals surface area (Å²) in [5.41, 5.74) is 1.26. The summed E-state index contributed by atoms with van der Waals surface area (Å²) in [5.74, 6) is -7.59. The Kier molecular flexibility index (Phi) is 36.3. The molecule has 5 aliphatic carbocycles. The number of nitrogens with zero attached hydrogens (tertiary/aromatic N) is 6. The first-order valence-corrected chi connectivity index (χ1v) is 52.3. The molecule has 0 bridgehead atoms. The Hall–Kier alpha value is -12.3. The fraction of sp³-hybridized carbons (Fsp3) is 0.697. The van der Waals surface area contributed by atoms with Crippen molar-refractivity contribution in [2.24, 2.45) is 102 Å². The number of hydrogen-bond donors (Lipinski definition) is 12. The number of ketones is 3. The molecule has 5 saturated heterocycles. The molecule has 0 radical (unpaired) electrons. The quantitative estimate of drug-likeness (QED) is 0.0141. The largest absolute Gasteiger partial charge is 0.363 e. The molecule has 3 unspecified atom stereocenters. The summed E-state index contributed by atoms with van der Waals surface area (Å²) in [7, 11) is 0. The SMILES string of the molecule is C#CCCC(NC(=O)[C@@H]1[C@@H]2[C@H](CN1C(=O)[C@@H](NC(=O)N[C@H](CN1C(=O)c3ccccc3C1=O)C(C)(C)C)C(C)(C)C)C2(C)C)C(=O)C(=O)NCC=C.C=CCNC(=O)C(=O)C(CC1CC1)NC(=O)[C@@H]1[C@@H]2[C@H](CN1C(=O)[C@@H](NC(=O)N[C@H](CN1C(=O)CCCC1=O)C(C)(C)C)C(C)(C)C)C2(C)C.CC(C)(C)[C@H](NC(=O)N[C@H](CN1C(=O)CCCC1=O)C(C)(C)C)C(=O)N1C[C@H]2[C@@H]([C@H]1C(=O)NC(CC1CCC1)C(=O)C(N)=O)C2(C)C. The van der Waals surface area contributed by atoms with Crippen LogP contribution in [0.1, 0.15) is 283 Å². The number of terminal acetylenes is 1. The number of nitrogens with one attached hydrogen (secondary N) is 11. The summed E-state index contributed by atoms with van der Waals surface area (Å²) in [6, 6.07) is -6.44. The van der Waals surface area contributed by atoms with Gasteiger partial charge in [-0.1, -0.05) is 223 Å². The van der Waals surface area contributed by atoms with Crippen LogP contribution in [-0.2, 0) is 76.7 Å². The molecule has 0 aromatic heterocycles. The molecular formula is C109H162N18O21. The van der Waals surface area contributed by atoms with Gasteiger partial charge in [0.2, 0.25) is 76.4 Å². The van der Waals surface area contributed by atoms with Crippen LogP contribution in [0.4, 0.5) is 14.4 Å². The number of hydrogen-bond acceptors (Lipinski definition) is 21. The molecule has 18 atom stereocenters. The first-order chi connectivity index (χ1) is 68.5. The molecule has 1 aromatic carbocycles. The lowest BCUT2D eigenvalue weighted by atomic mass is 9.80. The van der Waals surface area contributed by atoms with Crippen LogP contribution in [0.15, 0.2) is 49.6 Å². The third-order valence-corrected chi connectivity index (χ3v) is 32.3. The van der Waals surface area contributed by atoms with Crippen molar-refractivity contribution in [2.45, 2.75) is 335 Å². The molecule has 11 aliphatic rings. The van der Waals surface area contributed by atoms with Crippen molar-refractivity contribution in [1.29, 1.82) is 0 Å². The van der Waals surface area contributed by atoms with E-state index in [4.69, 9.17) is 12.2 Å². The molecule has 12 rings (SSSR count). The fourth-order valence-corrected chi connectivity index (χ4v) is 21.9. The summed E-state index contributed by atoms with van der Waals surface area (Å²) in [6.45, 7) is 53.6. The lowest BCUT2D eigenvalue weighted by Gasteiger charge is -2.39. The number of imide groups is 3. The molecule has 0 spiro atoms. The molecule has 148 heavy (non-hydrogen) atoms. The number of amides is 21. The van der Waals surface area contributed by atoms with E-state index in [2.05, 4.69) is 91.4 Å². The molecule has 13 N–H and O–H groups in total. The summed E-state index contributed by atoms with van der Waals surface area (Å²) in [4.78, 5) is 286. The topological polar surface area (TPSA) is 536 Å². The highest BCUT2D eigenvalue weighted by atomic mass is 16.2. The maximum Gasteiger partial charge on any atom is 0.315 e. The summed E-state index contributed by atoms with van der Waals surface area (Å²) in [5, 5.41) is 30.5. The Morgan fingerprint density at radius 3 is 0.966 bits per heavy atom. The minimum absolute atomic E-state index is 0.00215. The Morgan fingerprint density at radius 2 is 0.696 bits per heavy atom. The van der Waals surface area contributed by atoms with Crippen LogP contribution in [0.3, 0.4) is 0 Å². The van der Waals surface area contributed by atoms with Crippen LogP contribution in [0.5, 0.6) is 0 Å². The molecular weight excluding hydrogens is 1900 g/mol. The number of rotatable bonds is 37. The van der Waals surface area contributed by atoms with Crippen molar-refractivity contribution >= 4 is 124 Å². The van der Waals surface area contributed by atoms with E-state index >= 15 is 0 Å². The number of likely N-dealkylation sites (tertiary alicyclic amines) is 5. The number of piperidine rings is 5. The first kappa shape index (κ1) is 118. The third kappa shape index (κ3) is 27.3. The molecule has 10 fully saturated rings. The minimum atomic E-state index is -1.20. The van der Waals surface area contributed by atoms with Crippen molar-refractivity contribution < 1.29 is 101 Å². The molecule has 6 heterocycles. The smallest absolute Gasteiger partial charge is 0.315 e. The van der Waals surface area contributed by atoms with E-state index in [-0.39, 0.29) is 165 Å². The second-order valence-electron chi connectivity index (χ2n) is 50.5. The number of benzene rings is 1. The lowest BCUT2D eigenvalue weighted by molar-refractivity contribution is -0.150. The average molecular weight is 2060 g/mol. The highest BCUT2D eigenvalue weighted by molar-refractivity contribution is 6.39. The average Bonchev–Trinajstić information content (AvgIpc) is 1.53. The Balaban J connectivity index is 0.000000227. The second kappa shape index (κ2) is 45.7. The summed E-state index contributed by atoms with van der Waals surface area (Å²) < 4.78 is 0. The van der Waals surface area contributed by atoms with Crippen LogP contribution in [0.2, 0.25) is 0 Å². The van der Waals surface area contributed by atoms with E-state index in [1.165, 1.54) is 36.7 Å². The normalized spacial score (nSPS) is 24.2. The van der Waals surface area contributed by atoms with Gasteiger partial charge in [0.15, 0.2) is 0 Å². The van der Waals surface area contributed by atoms with Gasteiger partial charge in [-0.15, -0.1) is 25.5 Å². The highest BCUT2D eigenvalue weighted by Crippen LogP contribution is 2.67. The zero-order chi connectivity index (χ0) is 111. The highest BCUT2D eigenvalue weighted by Gasteiger charge is 2.73. The van der Waals surface area contributed by atoms with Crippen LogP contribution < -0.4 is 64.2 Å². The molecule has 5 saturated carbocycles. The van der Waals surface area contributed by atoms with Crippen molar-refractivity contribution in [1.82, 2.24) is 87.9 Å². The van der Waals surface area contributed by atoms with E-state index in [0.717, 1.165) is 37.0 Å². The van der Waals surface area contributed by atoms with Gasteiger partial charge in [-0.25, -0.2) is 14.4 Å². The predicted molar refractivity (Wildman–Crippen MR) is 550 cm³/mol. The Labute approximate surface area is 870 Å². The predicted octanol–water partition coefficient (Wildman–Crippen LogP) is 6.82. The molecule has 1 aromatic rings.